The monoisotopic (exact) mass is 205 g/mol. The molecule has 2 atom stereocenters. The first-order chi connectivity index (χ1) is 7.11. The summed E-state index contributed by atoms with van der Waals surface area (Å²) in [6.45, 7) is 2.25. The summed E-state index contributed by atoms with van der Waals surface area (Å²) < 4.78 is 0. The van der Waals surface area contributed by atoms with Gasteiger partial charge in [-0.05, 0) is 50.0 Å². The van der Waals surface area contributed by atoms with Crippen LogP contribution in [0.2, 0.25) is 0 Å². The van der Waals surface area contributed by atoms with E-state index in [2.05, 4.69) is 32.0 Å². The van der Waals surface area contributed by atoms with E-state index in [0.29, 0.717) is 17.7 Å². The lowest BCUT2D eigenvalue weighted by atomic mass is 9.79. The number of hydrogen-bond donors (Lipinski definition) is 1. The molecule has 0 fully saturated rings. The number of benzene rings is 1. The van der Waals surface area contributed by atoms with Gasteiger partial charge in [-0.1, -0.05) is 19.1 Å². The van der Waals surface area contributed by atoms with Crippen molar-refractivity contribution in [3.8, 4) is 5.75 Å². The summed E-state index contributed by atoms with van der Waals surface area (Å²) in [4.78, 5) is 2.29. The number of aromatic hydroxyl groups is 1. The molecule has 2 rings (SSSR count). The van der Waals surface area contributed by atoms with E-state index < -0.39 is 0 Å². The van der Waals surface area contributed by atoms with Crippen LogP contribution < -0.4 is 0 Å². The van der Waals surface area contributed by atoms with E-state index in [4.69, 9.17) is 0 Å². The summed E-state index contributed by atoms with van der Waals surface area (Å²) in [5.74, 6) is 0.979. The van der Waals surface area contributed by atoms with Crippen molar-refractivity contribution < 1.29 is 5.11 Å². The predicted molar refractivity (Wildman–Crippen MR) is 62.3 cm³/mol. The van der Waals surface area contributed by atoms with Gasteiger partial charge in [0.1, 0.15) is 5.75 Å². The SMILES string of the molecule is C[C@H]1c2cccc(O)c2CC[C@H]1N(C)C. The van der Waals surface area contributed by atoms with Gasteiger partial charge in [0.15, 0.2) is 0 Å². The molecule has 2 nitrogen and oxygen atoms in total. The molecule has 1 aromatic rings. The summed E-state index contributed by atoms with van der Waals surface area (Å²) >= 11 is 0. The quantitative estimate of drug-likeness (QED) is 0.761. The molecule has 2 heteroatoms. The van der Waals surface area contributed by atoms with Crippen LogP contribution in [-0.4, -0.2) is 30.1 Å². The first kappa shape index (κ1) is 10.5. The van der Waals surface area contributed by atoms with Crippen LogP contribution in [0, 0.1) is 0 Å². The molecule has 0 amide bonds. The maximum Gasteiger partial charge on any atom is 0.119 e. The summed E-state index contributed by atoms with van der Waals surface area (Å²) in [7, 11) is 4.27. The van der Waals surface area contributed by atoms with E-state index in [0.717, 1.165) is 18.4 Å². The average molecular weight is 205 g/mol. The van der Waals surface area contributed by atoms with Crippen molar-refractivity contribution in [3.63, 3.8) is 0 Å². The summed E-state index contributed by atoms with van der Waals surface area (Å²) in [6, 6.07) is 6.49. The Morgan fingerprint density at radius 2 is 2.07 bits per heavy atom. The Hall–Kier alpha value is -1.02. The summed E-state index contributed by atoms with van der Waals surface area (Å²) in [6.07, 6.45) is 2.13. The van der Waals surface area contributed by atoms with Crippen molar-refractivity contribution in [1.29, 1.82) is 0 Å². The lowest BCUT2D eigenvalue weighted by molar-refractivity contribution is 0.235. The zero-order valence-corrected chi connectivity index (χ0v) is 9.70. The highest BCUT2D eigenvalue weighted by Crippen LogP contribution is 2.37. The highest BCUT2D eigenvalue weighted by molar-refractivity contribution is 5.43. The largest absolute Gasteiger partial charge is 0.508 e. The molecule has 0 unspecified atom stereocenters. The molecule has 0 heterocycles. The highest BCUT2D eigenvalue weighted by Gasteiger charge is 2.28. The minimum Gasteiger partial charge on any atom is -0.508 e. The van der Waals surface area contributed by atoms with E-state index in [-0.39, 0.29) is 0 Å². The van der Waals surface area contributed by atoms with Gasteiger partial charge in [0.2, 0.25) is 0 Å². The molecule has 1 aliphatic carbocycles. The molecule has 1 aliphatic rings. The van der Waals surface area contributed by atoms with Gasteiger partial charge < -0.3 is 10.0 Å². The van der Waals surface area contributed by atoms with E-state index in [1.54, 1.807) is 6.07 Å². The fraction of sp³-hybridized carbons (Fsp3) is 0.538. The minimum atomic E-state index is 0.469. The Balaban J connectivity index is 2.38. The third-order valence-corrected chi connectivity index (χ3v) is 3.61. The molecule has 1 aromatic carbocycles. The number of rotatable bonds is 1. The van der Waals surface area contributed by atoms with Gasteiger partial charge in [0.05, 0.1) is 0 Å². The van der Waals surface area contributed by atoms with Crippen molar-refractivity contribution >= 4 is 0 Å². The van der Waals surface area contributed by atoms with Gasteiger partial charge in [0, 0.05) is 6.04 Å². The molecule has 0 aliphatic heterocycles. The lowest BCUT2D eigenvalue weighted by Crippen LogP contribution is -2.36. The Kier molecular flexibility index (Phi) is 2.70. The van der Waals surface area contributed by atoms with Crippen LogP contribution in [0.5, 0.6) is 5.75 Å². The molecule has 0 aromatic heterocycles. The number of nitrogens with zero attached hydrogens (tertiary/aromatic N) is 1. The normalized spacial score (nSPS) is 25.3. The standard InChI is InChI=1S/C13H19NO/c1-9-10-5-4-6-13(15)11(10)7-8-12(9)14(2)3/h4-6,9,12,15H,7-8H2,1-3H3/t9-,12+/m0/s1. The second-order valence-electron chi connectivity index (χ2n) is 4.70. The lowest BCUT2D eigenvalue weighted by Gasteiger charge is -2.35. The molecule has 82 valence electrons. The molecular weight excluding hydrogens is 186 g/mol. The van der Waals surface area contributed by atoms with Crippen molar-refractivity contribution in [1.82, 2.24) is 4.90 Å². The van der Waals surface area contributed by atoms with Gasteiger partial charge >= 0.3 is 0 Å². The third kappa shape index (κ3) is 1.74. The average Bonchev–Trinajstić information content (AvgIpc) is 2.19. The molecule has 15 heavy (non-hydrogen) atoms. The maximum absolute atomic E-state index is 9.79. The maximum atomic E-state index is 9.79. The van der Waals surface area contributed by atoms with Gasteiger partial charge in [-0.25, -0.2) is 0 Å². The summed E-state index contributed by atoms with van der Waals surface area (Å²) in [5.41, 5.74) is 2.48. The van der Waals surface area contributed by atoms with Crippen molar-refractivity contribution in [2.24, 2.45) is 0 Å². The Labute approximate surface area is 91.5 Å². The summed E-state index contributed by atoms with van der Waals surface area (Å²) in [5, 5.41) is 9.79. The topological polar surface area (TPSA) is 23.5 Å². The minimum absolute atomic E-state index is 0.469. The van der Waals surface area contributed by atoms with E-state index in [1.165, 1.54) is 5.56 Å². The number of phenolic OH excluding ortho intramolecular Hbond substituents is 1. The number of phenols is 1. The molecule has 0 bridgehead atoms. The molecule has 0 saturated heterocycles. The second-order valence-corrected chi connectivity index (χ2v) is 4.70. The van der Waals surface area contributed by atoms with Crippen molar-refractivity contribution in [3.05, 3.63) is 29.3 Å². The Morgan fingerprint density at radius 3 is 2.73 bits per heavy atom. The van der Waals surface area contributed by atoms with Crippen LogP contribution in [-0.2, 0) is 6.42 Å². The van der Waals surface area contributed by atoms with Crippen LogP contribution in [0.15, 0.2) is 18.2 Å². The Morgan fingerprint density at radius 1 is 1.33 bits per heavy atom. The van der Waals surface area contributed by atoms with Crippen LogP contribution in [0.25, 0.3) is 0 Å². The second kappa shape index (κ2) is 3.86. The zero-order chi connectivity index (χ0) is 11.0. The first-order valence-electron chi connectivity index (χ1n) is 5.58. The van der Waals surface area contributed by atoms with Gasteiger partial charge in [-0.15, -0.1) is 0 Å². The van der Waals surface area contributed by atoms with Crippen LogP contribution in [0.1, 0.15) is 30.4 Å². The highest BCUT2D eigenvalue weighted by atomic mass is 16.3. The smallest absolute Gasteiger partial charge is 0.119 e. The van der Waals surface area contributed by atoms with Gasteiger partial charge in [-0.3, -0.25) is 0 Å². The number of hydrogen-bond acceptors (Lipinski definition) is 2. The number of fused-ring (bicyclic) bond motifs is 1. The predicted octanol–water partition coefficient (Wildman–Crippen LogP) is 2.37. The fourth-order valence-corrected chi connectivity index (χ4v) is 2.75. The van der Waals surface area contributed by atoms with Crippen LogP contribution in [0.4, 0.5) is 0 Å². The number of likely N-dealkylation sites (N-methyl/N-ethyl adjacent to an activating group) is 1. The molecule has 0 saturated carbocycles. The molecule has 1 N–H and O–H groups in total. The van der Waals surface area contributed by atoms with Crippen LogP contribution >= 0.6 is 0 Å². The first-order valence-corrected chi connectivity index (χ1v) is 5.58. The molecule has 0 radical (unpaired) electrons. The molecular formula is C13H19NO. The zero-order valence-electron chi connectivity index (χ0n) is 9.70. The van der Waals surface area contributed by atoms with Crippen LogP contribution in [0.3, 0.4) is 0 Å². The van der Waals surface area contributed by atoms with Gasteiger partial charge in [0.25, 0.3) is 0 Å². The van der Waals surface area contributed by atoms with E-state index >= 15 is 0 Å². The van der Waals surface area contributed by atoms with Crippen molar-refractivity contribution in [2.45, 2.75) is 31.7 Å². The fourth-order valence-electron chi connectivity index (χ4n) is 2.75. The third-order valence-electron chi connectivity index (χ3n) is 3.61. The molecule has 0 spiro atoms. The van der Waals surface area contributed by atoms with E-state index in [9.17, 15) is 5.11 Å². The van der Waals surface area contributed by atoms with E-state index in [1.807, 2.05) is 6.07 Å². The van der Waals surface area contributed by atoms with Gasteiger partial charge in [-0.2, -0.15) is 0 Å². The Bertz CT molecular complexity index is 360. The van der Waals surface area contributed by atoms with Crippen molar-refractivity contribution in [2.75, 3.05) is 14.1 Å².